The van der Waals surface area contributed by atoms with Gasteiger partial charge in [-0.05, 0) is 67.3 Å². The van der Waals surface area contributed by atoms with Crippen molar-refractivity contribution >= 4 is 15.7 Å². The van der Waals surface area contributed by atoms with Crippen LogP contribution in [0.3, 0.4) is 0 Å². The maximum atomic E-state index is 12.4. The predicted octanol–water partition coefficient (Wildman–Crippen LogP) is 5.27. The fourth-order valence-electron chi connectivity index (χ4n) is 4.72. The van der Waals surface area contributed by atoms with Crippen LogP contribution in [0.4, 0.5) is 5.69 Å². The summed E-state index contributed by atoms with van der Waals surface area (Å²) in [6.45, 7) is 12.2. The van der Waals surface area contributed by atoms with Crippen LogP contribution in [0.5, 0.6) is 5.75 Å². The van der Waals surface area contributed by atoms with E-state index >= 15 is 0 Å². The Morgan fingerprint density at radius 1 is 0.892 bits per heavy atom. The van der Waals surface area contributed by atoms with Gasteiger partial charge in [0.2, 0.25) is 10.0 Å². The highest BCUT2D eigenvalue weighted by molar-refractivity contribution is 7.89. The highest BCUT2D eigenvalue weighted by atomic mass is 32.2. The molecule has 0 aliphatic carbocycles. The lowest BCUT2D eigenvalue weighted by atomic mass is 10.0. The molecule has 0 saturated carbocycles. The van der Waals surface area contributed by atoms with Gasteiger partial charge in [0.05, 0.1) is 10.9 Å². The first-order valence-corrected chi connectivity index (χ1v) is 14.6. The average molecular weight is 522 g/mol. The quantitative estimate of drug-likeness (QED) is 0.394. The van der Waals surface area contributed by atoms with Gasteiger partial charge in [-0.3, -0.25) is 4.90 Å². The van der Waals surface area contributed by atoms with Crippen LogP contribution in [-0.4, -0.2) is 51.6 Å². The zero-order chi connectivity index (χ0) is 26.4. The molecule has 6 nitrogen and oxygen atoms in total. The molecule has 1 atom stereocenters. The molecule has 1 aliphatic heterocycles. The van der Waals surface area contributed by atoms with E-state index in [0.717, 1.165) is 26.2 Å². The number of piperazine rings is 1. The average Bonchev–Trinajstić information content (AvgIpc) is 2.88. The number of hydrogen-bond acceptors (Lipinski definition) is 5. The summed E-state index contributed by atoms with van der Waals surface area (Å²) in [4.78, 5) is 5.17. The van der Waals surface area contributed by atoms with Crippen LogP contribution in [0.1, 0.15) is 44.7 Å². The first-order chi connectivity index (χ1) is 17.7. The monoisotopic (exact) mass is 521 g/mol. The minimum Gasteiger partial charge on any atom is -0.491 e. The molecule has 1 aliphatic rings. The van der Waals surface area contributed by atoms with Gasteiger partial charge in [-0.25, -0.2) is 13.1 Å². The van der Waals surface area contributed by atoms with Gasteiger partial charge in [0.15, 0.2) is 0 Å². The number of rotatable bonds is 10. The van der Waals surface area contributed by atoms with Gasteiger partial charge < -0.3 is 9.64 Å². The van der Waals surface area contributed by atoms with E-state index in [0.29, 0.717) is 18.3 Å². The zero-order valence-electron chi connectivity index (χ0n) is 22.3. The third kappa shape index (κ3) is 7.34. The smallest absolute Gasteiger partial charge is 0.240 e. The van der Waals surface area contributed by atoms with E-state index < -0.39 is 10.0 Å². The van der Waals surface area contributed by atoms with Gasteiger partial charge in [-0.2, -0.15) is 0 Å². The molecule has 1 unspecified atom stereocenters. The predicted molar refractivity (Wildman–Crippen MR) is 151 cm³/mol. The molecule has 1 N–H and O–H groups in total. The van der Waals surface area contributed by atoms with Crippen LogP contribution < -0.4 is 14.4 Å². The van der Waals surface area contributed by atoms with Gasteiger partial charge in [0.25, 0.3) is 0 Å². The molecule has 3 aromatic carbocycles. The molecule has 1 heterocycles. The maximum absolute atomic E-state index is 12.4. The summed E-state index contributed by atoms with van der Waals surface area (Å²) in [6.07, 6.45) is 0. The van der Waals surface area contributed by atoms with Gasteiger partial charge in [-0.15, -0.1) is 0 Å². The standard InChI is InChI=1S/C30H39N3O3S/c1-23(2)26-10-12-27(13-11-26)33-19-18-32(20-25-8-6-5-7-9-25)21-28(33)22-36-29-14-16-30(17-15-29)37(34,35)31-24(3)4/h5-17,23-24,28,31H,18-22H2,1-4H3. The third-order valence-corrected chi connectivity index (χ3v) is 8.35. The highest BCUT2D eigenvalue weighted by Crippen LogP contribution is 2.25. The van der Waals surface area contributed by atoms with Crippen LogP contribution in [0.2, 0.25) is 0 Å². The molecule has 1 saturated heterocycles. The van der Waals surface area contributed by atoms with Crippen molar-refractivity contribution in [3.8, 4) is 5.75 Å². The number of nitrogens with zero attached hydrogens (tertiary/aromatic N) is 2. The number of nitrogens with one attached hydrogen (secondary N) is 1. The first kappa shape index (κ1) is 27.2. The van der Waals surface area contributed by atoms with Crippen LogP contribution in [0.15, 0.2) is 83.8 Å². The van der Waals surface area contributed by atoms with Gasteiger partial charge in [0, 0.05) is 37.9 Å². The van der Waals surface area contributed by atoms with E-state index in [9.17, 15) is 8.42 Å². The Morgan fingerprint density at radius 2 is 1.57 bits per heavy atom. The van der Waals surface area contributed by atoms with Crippen molar-refractivity contribution in [1.29, 1.82) is 0 Å². The summed E-state index contributed by atoms with van der Waals surface area (Å²) < 4.78 is 33.7. The van der Waals surface area contributed by atoms with Crippen molar-refractivity contribution in [1.82, 2.24) is 9.62 Å². The number of anilines is 1. The molecule has 7 heteroatoms. The zero-order valence-corrected chi connectivity index (χ0v) is 23.1. The summed E-state index contributed by atoms with van der Waals surface area (Å²) in [7, 11) is -3.52. The van der Waals surface area contributed by atoms with Crippen LogP contribution in [0, 0.1) is 0 Å². The van der Waals surface area contributed by atoms with Crippen molar-refractivity contribution in [2.24, 2.45) is 0 Å². The fourth-order valence-corrected chi connectivity index (χ4v) is 5.97. The summed E-state index contributed by atoms with van der Waals surface area (Å²) in [5.41, 5.74) is 3.85. The van der Waals surface area contributed by atoms with Crippen LogP contribution in [0.25, 0.3) is 0 Å². The Hall–Kier alpha value is -2.87. The molecule has 1 fully saturated rings. The second kappa shape index (κ2) is 12.1. The second-order valence-electron chi connectivity index (χ2n) is 10.4. The van der Waals surface area contributed by atoms with Crippen molar-refractivity contribution in [2.45, 2.75) is 57.1 Å². The summed E-state index contributed by atoms with van der Waals surface area (Å²) in [5, 5.41) is 0. The summed E-state index contributed by atoms with van der Waals surface area (Å²) in [6, 6.07) is 26.1. The number of hydrogen-bond donors (Lipinski definition) is 1. The summed E-state index contributed by atoms with van der Waals surface area (Å²) in [5.74, 6) is 1.16. The Balaban J connectivity index is 1.48. The lowest BCUT2D eigenvalue weighted by Gasteiger charge is -2.42. The van der Waals surface area contributed by atoms with E-state index in [2.05, 4.69) is 76.9 Å². The minimum absolute atomic E-state index is 0.161. The third-order valence-electron chi connectivity index (χ3n) is 6.67. The molecule has 4 rings (SSSR count). The van der Waals surface area contributed by atoms with Crippen molar-refractivity contribution in [3.05, 3.63) is 90.0 Å². The molecule has 0 radical (unpaired) electrons. The topological polar surface area (TPSA) is 61.9 Å². The molecule has 0 aromatic heterocycles. The normalized spacial score (nSPS) is 16.9. The lowest BCUT2D eigenvalue weighted by molar-refractivity contribution is 0.174. The Bertz CT molecular complexity index is 1230. The number of ether oxygens (including phenoxy) is 1. The van der Waals surface area contributed by atoms with E-state index in [4.69, 9.17) is 4.74 Å². The molecule has 3 aromatic rings. The van der Waals surface area contributed by atoms with E-state index in [-0.39, 0.29) is 17.0 Å². The Labute approximate surface area is 222 Å². The van der Waals surface area contributed by atoms with E-state index in [1.807, 2.05) is 19.9 Å². The molecule has 0 spiro atoms. The minimum atomic E-state index is -3.52. The van der Waals surface area contributed by atoms with Crippen molar-refractivity contribution < 1.29 is 13.2 Å². The van der Waals surface area contributed by atoms with Crippen LogP contribution >= 0.6 is 0 Å². The molecular weight excluding hydrogens is 482 g/mol. The van der Waals surface area contributed by atoms with Gasteiger partial charge >= 0.3 is 0 Å². The molecule has 198 valence electrons. The molecule has 37 heavy (non-hydrogen) atoms. The van der Waals surface area contributed by atoms with Crippen molar-refractivity contribution in [2.75, 3.05) is 31.1 Å². The van der Waals surface area contributed by atoms with E-state index in [1.54, 1.807) is 24.3 Å². The maximum Gasteiger partial charge on any atom is 0.240 e. The van der Waals surface area contributed by atoms with Gasteiger partial charge in [0.1, 0.15) is 12.4 Å². The first-order valence-electron chi connectivity index (χ1n) is 13.1. The highest BCUT2D eigenvalue weighted by Gasteiger charge is 2.28. The molecule has 0 bridgehead atoms. The Morgan fingerprint density at radius 3 is 2.19 bits per heavy atom. The fraction of sp³-hybridized carbons (Fsp3) is 0.400. The van der Waals surface area contributed by atoms with Crippen molar-refractivity contribution in [3.63, 3.8) is 0 Å². The number of benzene rings is 3. The Kier molecular flexibility index (Phi) is 8.90. The van der Waals surface area contributed by atoms with Crippen LogP contribution in [-0.2, 0) is 16.6 Å². The molecule has 0 amide bonds. The summed E-state index contributed by atoms with van der Waals surface area (Å²) >= 11 is 0. The lowest BCUT2D eigenvalue weighted by Crippen LogP contribution is -2.55. The second-order valence-corrected chi connectivity index (χ2v) is 12.1. The SMILES string of the molecule is CC(C)NS(=O)(=O)c1ccc(OCC2CN(Cc3ccccc3)CCN2c2ccc(C(C)C)cc2)cc1. The number of sulfonamides is 1. The van der Waals surface area contributed by atoms with E-state index in [1.165, 1.54) is 16.8 Å². The van der Waals surface area contributed by atoms with Gasteiger partial charge in [-0.1, -0.05) is 56.3 Å². The largest absolute Gasteiger partial charge is 0.491 e. The molecular formula is C30H39N3O3S.